The van der Waals surface area contributed by atoms with E-state index >= 15 is 0 Å². The minimum absolute atomic E-state index is 0.0324. The van der Waals surface area contributed by atoms with Gasteiger partial charge < -0.3 is 5.32 Å². The van der Waals surface area contributed by atoms with Gasteiger partial charge in [0.1, 0.15) is 0 Å². The maximum atomic E-state index is 12.4. The quantitative estimate of drug-likeness (QED) is 0.708. The Morgan fingerprint density at radius 3 is 2.56 bits per heavy atom. The molecule has 0 spiro atoms. The number of nitrogens with zero attached hydrogens (tertiary/aromatic N) is 2. The minimum Gasteiger partial charge on any atom is -0.326 e. The highest BCUT2D eigenvalue weighted by atomic mass is 32.2. The molecule has 6 nitrogen and oxygen atoms in total. The highest BCUT2D eigenvalue weighted by Crippen LogP contribution is 2.27. The molecule has 1 heterocycles. The molecular formula is C20H21N3O3S. The molecule has 0 atom stereocenters. The number of anilines is 2. The molecule has 1 aromatic heterocycles. The van der Waals surface area contributed by atoms with Crippen LogP contribution in [0.4, 0.5) is 11.4 Å². The van der Waals surface area contributed by atoms with Crippen molar-refractivity contribution in [3.8, 4) is 0 Å². The molecule has 0 unspecified atom stereocenters. The standard InChI is InChI=1S/C20H21N3O3S/c1-15-7-3-4-10-17(15)22-19(24)12-14-23(27(2,25)26)18-11-5-8-16-9-6-13-21-20(16)18/h3-11,13H,12,14H2,1-2H3,(H,22,24). The number of rotatable bonds is 6. The average molecular weight is 383 g/mol. The van der Waals surface area contributed by atoms with E-state index in [0.717, 1.165) is 22.9 Å². The molecule has 0 aliphatic heterocycles. The molecule has 1 amide bonds. The van der Waals surface area contributed by atoms with Gasteiger partial charge in [0, 0.05) is 30.2 Å². The highest BCUT2D eigenvalue weighted by Gasteiger charge is 2.21. The molecule has 0 fully saturated rings. The Kier molecular flexibility index (Phi) is 5.41. The van der Waals surface area contributed by atoms with E-state index in [9.17, 15) is 13.2 Å². The Labute approximate surface area is 158 Å². The SMILES string of the molecule is Cc1ccccc1NC(=O)CCN(c1cccc2cccnc12)S(C)(=O)=O. The Hall–Kier alpha value is -2.93. The van der Waals surface area contributed by atoms with Gasteiger partial charge in [0.05, 0.1) is 17.5 Å². The van der Waals surface area contributed by atoms with E-state index in [-0.39, 0.29) is 18.9 Å². The topological polar surface area (TPSA) is 79.4 Å². The van der Waals surface area contributed by atoms with Crippen LogP contribution in [0, 0.1) is 6.92 Å². The van der Waals surface area contributed by atoms with Crippen LogP contribution in [-0.2, 0) is 14.8 Å². The lowest BCUT2D eigenvalue weighted by Gasteiger charge is -2.23. The van der Waals surface area contributed by atoms with Crippen molar-refractivity contribution in [2.75, 3.05) is 22.4 Å². The van der Waals surface area contributed by atoms with E-state index in [0.29, 0.717) is 11.2 Å². The van der Waals surface area contributed by atoms with Crippen LogP contribution in [-0.4, -0.2) is 32.1 Å². The second kappa shape index (κ2) is 7.75. The van der Waals surface area contributed by atoms with Crippen molar-refractivity contribution in [2.45, 2.75) is 13.3 Å². The summed E-state index contributed by atoms with van der Waals surface area (Å²) in [4.78, 5) is 16.7. The molecule has 140 valence electrons. The lowest BCUT2D eigenvalue weighted by atomic mass is 10.2. The number of hydrogen-bond acceptors (Lipinski definition) is 4. The van der Waals surface area contributed by atoms with Crippen molar-refractivity contribution in [2.24, 2.45) is 0 Å². The monoisotopic (exact) mass is 383 g/mol. The number of sulfonamides is 1. The Balaban J connectivity index is 1.82. The van der Waals surface area contributed by atoms with Crippen molar-refractivity contribution < 1.29 is 13.2 Å². The average Bonchev–Trinajstić information content (AvgIpc) is 2.63. The van der Waals surface area contributed by atoms with E-state index in [2.05, 4.69) is 10.3 Å². The number of benzene rings is 2. The Bertz CT molecular complexity index is 1080. The molecule has 27 heavy (non-hydrogen) atoms. The number of nitrogens with one attached hydrogen (secondary N) is 1. The van der Waals surface area contributed by atoms with Crippen LogP contribution in [0.3, 0.4) is 0 Å². The molecule has 0 aliphatic carbocycles. The largest absolute Gasteiger partial charge is 0.326 e. The van der Waals surface area contributed by atoms with Gasteiger partial charge in [-0.3, -0.25) is 14.1 Å². The fraction of sp³-hybridized carbons (Fsp3) is 0.200. The zero-order chi connectivity index (χ0) is 19.4. The third kappa shape index (κ3) is 4.43. The van der Waals surface area contributed by atoms with E-state index in [1.807, 2.05) is 43.3 Å². The first-order valence-corrected chi connectivity index (χ1v) is 10.4. The molecule has 0 saturated heterocycles. The number of aromatic nitrogens is 1. The maximum absolute atomic E-state index is 12.4. The predicted molar refractivity (Wildman–Crippen MR) is 108 cm³/mol. The summed E-state index contributed by atoms with van der Waals surface area (Å²) in [6.07, 6.45) is 2.79. The normalized spacial score (nSPS) is 11.3. The van der Waals surface area contributed by atoms with Gasteiger partial charge in [-0.15, -0.1) is 0 Å². The summed E-state index contributed by atoms with van der Waals surface area (Å²) in [6.45, 7) is 1.94. The van der Waals surface area contributed by atoms with Crippen molar-refractivity contribution in [1.29, 1.82) is 0 Å². The third-order valence-electron chi connectivity index (χ3n) is 4.24. The van der Waals surface area contributed by atoms with E-state index < -0.39 is 10.0 Å². The molecule has 0 bridgehead atoms. The van der Waals surface area contributed by atoms with Crippen LogP contribution in [0.5, 0.6) is 0 Å². The molecule has 1 N–H and O–H groups in total. The Morgan fingerprint density at radius 1 is 1.07 bits per heavy atom. The van der Waals surface area contributed by atoms with Gasteiger partial charge in [0.25, 0.3) is 0 Å². The molecule has 0 saturated carbocycles. The molecule has 3 rings (SSSR count). The lowest BCUT2D eigenvalue weighted by Crippen LogP contribution is -2.33. The van der Waals surface area contributed by atoms with Gasteiger partial charge in [-0.05, 0) is 30.7 Å². The minimum atomic E-state index is -3.57. The fourth-order valence-corrected chi connectivity index (χ4v) is 3.81. The Morgan fingerprint density at radius 2 is 1.81 bits per heavy atom. The van der Waals surface area contributed by atoms with Gasteiger partial charge in [-0.25, -0.2) is 8.42 Å². The van der Waals surface area contributed by atoms with Gasteiger partial charge in [0.2, 0.25) is 15.9 Å². The van der Waals surface area contributed by atoms with Gasteiger partial charge in [-0.2, -0.15) is 0 Å². The first-order chi connectivity index (χ1) is 12.9. The number of pyridine rings is 1. The predicted octanol–water partition coefficient (Wildman–Crippen LogP) is 3.34. The highest BCUT2D eigenvalue weighted by molar-refractivity contribution is 7.92. The molecular weight excluding hydrogens is 362 g/mol. The van der Waals surface area contributed by atoms with Crippen molar-refractivity contribution in [1.82, 2.24) is 4.98 Å². The molecule has 0 radical (unpaired) electrons. The van der Waals surface area contributed by atoms with Gasteiger partial charge in [-0.1, -0.05) is 36.4 Å². The van der Waals surface area contributed by atoms with Crippen molar-refractivity contribution in [3.63, 3.8) is 0 Å². The smallest absolute Gasteiger partial charge is 0.232 e. The van der Waals surface area contributed by atoms with Crippen molar-refractivity contribution >= 4 is 38.2 Å². The van der Waals surface area contributed by atoms with Gasteiger partial charge >= 0.3 is 0 Å². The van der Waals surface area contributed by atoms with Crippen LogP contribution < -0.4 is 9.62 Å². The summed E-state index contributed by atoms with van der Waals surface area (Å²) in [6, 6.07) is 16.5. The summed E-state index contributed by atoms with van der Waals surface area (Å²) >= 11 is 0. The third-order valence-corrected chi connectivity index (χ3v) is 5.42. The lowest BCUT2D eigenvalue weighted by molar-refractivity contribution is -0.116. The second-order valence-corrected chi connectivity index (χ2v) is 8.21. The van der Waals surface area contributed by atoms with Crippen LogP contribution in [0.1, 0.15) is 12.0 Å². The molecule has 7 heteroatoms. The van der Waals surface area contributed by atoms with Crippen LogP contribution >= 0.6 is 0 Å². The summed E-state index contributed by atoms with van der Waals surface area (Å²) in [5.41, 5.74) is 2.73. The van der Waals surface area contributed by atoms with E-state index in [1.165, 1.54) is 4.31 Å². The number of carbonyl (C=O) groups is 1. The number of aryl methyl sites for hydroxylation is 1. The van der Waals surface area contributed by atoms with E-state index in [4.69, 9.17) is 0 Å². The summed E-state index contributed by atoms with van der Waals surface area (Å²) < 4.78 is 26.0. The molecule has 0 aliphatic rings. The maximum Gasteiger partial charge on any atom is 0.232 e. The van der Waals surface area contributed by atoms with Gasteiger partial charge in [0.15, 0.2) is 0 Å². The van der Waals surface area contributed by atoms with E-state index in [1.54, 1.807) is 24.4 Å². The number of para-hydroxylation sites is 2. The number of fused-ring (bicyclic) bond motifs is 1. The molecule has 2 aromatic carbocycles. The zero-order valence-electron chi connectivity index (χ0n) is 15.2. The van der Waals surface area contributed by atoms with Crippen LogP contribution in [0.2, 0.25) is 0 Å². The summed E-state index contributed by atoms with van der Waals surface area (Å²) in [5.74, 6) is -0.244. The number of carbonyl (C=O) groups excluding carboxylic acids is 1. The molecule has 3 aromatic rings. The summed E-state index contributed by atoms with van der Waals surface area (Å²) in [5, 5.41) is 3.67. The summed E-state index contributed by atoms with van der Waals surface area (Å²) in [7, 11) is -3.57. The van der Waals surface area contributed by atoms with Crippen molar-refractivity contribution in [3.05, 3.63) is 66.4 Å². The number of amides is 1. The number of hydrogen-bond donors (Lipinski definition) is 1. The van der Waals surface area contributed by atoms with Crippen LogP contribution in [0.15, 0.2) is 60.8 Å². The zero-order valence-corrected chi connectivity index (χ0v) is 16.0. The fourth-order valence-electron chi connectivity index (χ4n) is 2.88. The first kappa shape index (κ1) is 18.8. The first-order valence-electron chi connectivity index (χ1n) is 8.53. The van der Waals surface area contributed by atoms with Crippen LogP contribution in [0.25, 0.3) is 10.9 Å². The second-order valence-electron chi connectivity index (χ2n) is 6.30.